The maximum Gasteiger partial charge on any atom is 0.255 e. The number of ether oxygens (including phenoxy) is 1. The molecule has 1 aliphatic rings. The van der Waals surface area contributed by atoms with Crippen LogP contribution in [-0.4, -0.2) is 42.7 Å². The monoisotopic (exact) mass is 380 g/mol. The Balaban J connectivity index is 0.00000136. The summed E-state index contributed by atoms with van der Waals surface area (Å²) in [6.45, 7) is 6.91. The summed E-state index contributed by atoms with van der Waals surface area (Å²) in [5.41, 5.74) is 1.64. The Kier molecular flexibility index (Phi) is 7.51. The minimum Gasteiger partial charge on any atom is -0.497 e. The molecule has 1 aliphatic heterocycles. The van der Waals surface area contributed by atoms with Crippen LogP contribution in [0.5, 0.6) is 5.75 Å². The molecule has 2 aromatic rings. The molecule has 0 aliphatic carbocycles. The summed E-state index contributed by atoms with van der Waals surface area (Å²) >= 11 is 0. The summed E-state index contributed by atoms with van der Waals surface area (Å²) in [5, 5.41) is 2.80. The number of ketones is 1. The van der Waals surface area contributed by atoms with Gasteiger partial charge in [0.1, 0.15) is 11.5 Å². The van der Waals surface area contributed by atoms with Crippen LogP contribution in [0.15, 0.2) is 61.7 Å². The van der Waals surface area contributed by atoms with Gasteiger partial charge in [-0.1, -0.05) is 0 Å². The van der Waals surface area contributed by atoms with Crippen LogP contribution in [-0.2, 0) is 4.79 Å². The lowest BCUT2D eigenvalue weighted by atomic mass is 10.1. The van der Waals surface area contributed by atoms with Crippen molar-refractivity contribution >= 4 is 23.3 Å². The van der Waals surface area contributed by atoms with Crippen LogP contribution < -0.4 is 10.1 Å². The number of methoxy groups -OCH3 is 1. The molecule has 0 atom stereocenters. The van der Waals surface area contributed by atoms with Crippen molar-refractivity contribution in [2.24, 2.45) is 0 Å². The molecule has 0 radical (unpaired) electrons. The van der Waals surface area contributed by atoms with E-state index in [-0.39, 0.29) is 17.6 Å². The smallest absolute Gasteiger partial charge is 0.255 e. The zero-order valence-electron chi connectivity index (χ0n) is 15.9. The van der Waals surface area contributed by atoms with Crippen molar-refractivity contribution in [3.05, 3.63) is 72.8 Å². The third-order valence-electron chi connectivity index (χ3n) is 4.35. The highest BCUT2D eigenvalue weighted by atomic mass is 16.5. The number of piperidine rings is 1. The van der Waals surface area contributed by atoms with E-state index in [1.54, 1.807) is 60.5 Å². The number of benzene rings is 2. The van der Waals surface area contributed by atoms with Crippen molar-refractivity contribution in [1.29, 1.82) is 0 Å². The van der Waals surface area contributed by atoms with Crippen molar-refractivity contribution < 1.29 is 19.1 Å². The molecule has 1 heterocycles. The number of anilines is 1. The van der Waals surface area contributed by atoms with Crippen LogP contribution in [0.4, 0.5) is 5.69 Å². The second-order valence-corrected chi connectivity index (χ2v) is 6.09. The molecule has 6 nitrogen and oxygen atoms in total. The van der Waals surface area contributed by atoms with Crippen molar-refractivity contribution in [3.63, 3.8) is 0 Å². The van der Waals surface area contributed by atoms with E-state index in [2.05, 4.69) is 18.5 Å². The lowest BCUT2D eigenvalue weighted by molar-refractivity contribution is -0.120. The zero-order valence-corrected chi connectivity index (χ0v) is 15.9. The Bertz CT molecular complexity index is 819. The number of likely N-dealkylation sites (tertiary alicyclic amines) is 1. The van der Waals surface area contributed by atoms with Gasteiger partial charge in [-0.2, -0.15) is 0 Å². The molecule has 0 saturated carbocycles. The highest BCUT2D eigenvalue weighted by molar-refractivity contribution is 6.05. The molecule has 0 aromatic heterocycles. The van der Waals surface area contributed by atoms with Gasteiger partial charge in [-0.3, -0.25) is 14.4 Å². The van der Waals surface area contributed by atoms with Gasteiger partial charge < -0.3 is 15.0 Å². The van der Waals surface area contributed by atoms with Gasteiger partial charge in [0, 0.05) is 42.7 Å². The standard InChI is InChI=1S/C20H20N2O4.C2H4/c1-26-18-8-6-16(7-9-18)21-19(24)14-2-4-15(5-3-14)20(25)22-12-10-17(23)11-13-22;1-2/h2-9H,10-13H2,1H3,(H,21,24);1-2H2. The summed E-state index contributed by atoms with van der Waals surface area (Å²) in [4.78, 5) is 37.7. The third-order valence-corrected chi connectivity index (χ3v) is 4.35. The average molecular weight is 380 g/mol. The van der Waals surface area contributed by atoms with E-state index in [9.17, 15) is 14.4 Å². The van der Waals surface area contributed by atoms with E-state index in [0.717, 1.165) is 0 Å². The summed E-state index contributed by atoms with van der Waals surface area (Å²) in [6, 6.07) is 13.6. The fraction of sp³-hybridized carbons (Fsp3) is 0.227. The largest absolute Gasteiger partial charge is 0.497 e. The van der Waals surface area contributed by atoms with Crippen molar-refractivity contribution in [1.82, 2.24) is 4.90 Å². The highest BCUT2D eigenvalue weighted by Crippen LogP contribution is 2.17. The number of hydrogen-bond donors (Lipinski definition) is 1. The predicted octanol–water partition coefficient (Wildman–Crippen LogP) is 3.55. The van der Waals surface area contributed by atoms with Gasteiger partial charge in [0.2, 0.25) is 0 Å². The zero-order chi connectivity index (χ0) is 20.5. The molecule has 2 aromatic carbocycles. The Morgan fingerprint density at radius 3 is 2.00 bits per heavy atom. The van der Waals surface area contributed by atoms with Gasteiger partial charge in [-0.05, 0) is 48.5 Å². The van der Waals surface area contributed by atoms with Crippen LogP contribution in [0.25, 0.3) is 0 Å². The first kappa shape index (κ1) is 20.9. The Morgan fingerprint density at radius 2 is 1.46 bits per heavy atom. The summed E-state index contributed by atoms with van der Waals surface area (Å²) in [6.07, 6.45) is 0.822. The number of carbonyl (C=O) groups is 3. The Morgan fingerprint density at radius 1 is 0.929 bits per heavy atom. The van der Waals surface area contributed by atoms with Gasteiger partial charge in [-0.15, -0.1) is 13.2 Å². The van der Waals surface area contributed by atoms with E-state index in [1.165, 1.54) is 0 Å². The van der Waals surface area contributed by atoms with Gasteiger partial charge in [-0.25, -0.2) is 0 Å². The first-order valence-corrected chi connectivity index (χ1v) is 8.93. The van der Waals surface area contributed by atoms with Crippen LogP contribution >= 0.6 is 0 Å². The molecule has 3 rings (SSSR count). The number of Topliss-reactive ketones (excluding diaryl/α,β-unsaturated/α-hetero) is 1. The maximum atomic E-state index is 12.4. The number of rotatable bonds is 4. The van der Waals surface area contributed by atoms with Gasteiger partial charge in [0.15, 0.2) is 0 Å². The first-order chi connectivity index (χ1) is 13.6. The number of amides is 2. The van der Waals surface area contributed by atoms with Crippen LogP contribution in [0, 0.1) is 0 Å². The fourth-order valence-electron chi connectivity index (χ4n) is 2.78. The Hall–Kier alpha value is -3.41. The summed E-state index contributed by atoms with van der Waals surface area (Å²) in [5.74, 6) is 0.544. The fourth-order valence-corrected chi connectivity index (χ4v) is 2.78. The first-order valence-electron chi connectivity index (χ1n) is 8.93. The molecule has 1 saturated heterocycles. The van der Waals surface area contributed by atoms with E-state index in [0.29, 0.717) is 48.5 Å². The van der Waals surface area contributed by atoms with Crippen LogP contribution in [0.1, 0.15) is 33.6 Å². The summed E-state index contributed by atoms with van der Waals surface area (Å²) in [7, 11) is 1.58. The number of carbonyl (C=O) groups excluding carboxylic acids is 3. The van der Waals surface area contributed by atoms with Crippen molar-refractivity contribution in [2.45, 2.75) is 12.8 Å². The molecular weight excluding hydrogens is 356 g/mol. The quantitative estimate of drug-likeness (QED) is 0.823. The molecule has 0 bridgehead atoms. The molecule has 6 heteroatoms. The minimum atomic E-state index is -0.252. The van der Waals surface area contributed by atoms with E-state index < -0.39 is 0 Å². The van der Waals surface area contributed by atoms with E-state index in [4.69, 9.17) is 4.74 Å². The SMILES string of the molecule is C=C.COc1ccc(NC(=O)c2ccc(C(=O)N3CCC(=O)CC3)cc2)cc1. The second kappa shape index (κ2) is 10.1. The van der Waals surface area contributed by atoms with Crippen LogP contribution in [0.2, 0.25) is 0 Å². The van der Waals surface area contributed by atoms with Gasteiger partial charge in [0.25, 0.3) is 11.8 Å². The minimum absolute atomic E-state index is 0.111. The molecule has 1 N–H and O–H groups in total. The molecular formula is C22H24N2O4. The number of nitrogens with one attached hydrogen (secondary N) is 1. The number of hydrogen-bond acceptors (Lipinski definition) is 4. The molecule has 146 valence electrons. The van der Waals surface area contributed by atoms with Gasteiger partial charge in [0.05, 0.1) is 7.11 Å². The normalized spacial score (nSPS) is 13.2. The lowest BCUT2D eigenvalue weighted by Gasteiger charge is -2.26. The van der Waals surface area contributed by atoms with Crippen LogP contribution in [0.3, 0.4) is 0 Å². The lowest BCUT2D eigenvalue weighted by Crippen LogP contribution is -2.38. The predicted molar refractivity (Wildman–Crippen MR) is 109 cm³/mol. The topological polar surface area (TPSA) is 75.7 Å². The Labute approximate surface area is 164 Å². The van der Waals surface area contributed by atoms with E-state index in [1.807, 2.05) is 0 Å². The average Bonchev–Trinajstić information content (AvgIpc) is 2.76. The second-order valence-electron chi connectivity index (χ2n) is 6.09. The van der Waals surface area contributed by atoms with E-state index >= 15 is 0 Å². The summed E-state index contributed by atoms with van der Waals surface area (Å²) < 4.78 is 5.08. The molecule has 0 unspecified atom stereocenters. The molecule has 28 heavy (non-hydrogen) atoms. The van der Waals surface area contributed by atoms with Gasteiger partial charge >= 0.3 is 0 Å². The highest BCUT2D eigenvalue weighted by Gasteiger charge is 2.21. The van der Waals surface area contributed by atoms with Crippen molar-refractivity contribution in [3.8, 4) is 5.75 Å². The molecule has 1 fully saturated rings. The molecule has 0 spiro atoms. The molecule has 2 amide bonds. The van der Waals surface area contributed by atoms with Crippen molar-refractivity contribution in [2.75, 3.05) is 25.5 Å². The third kappa shape index (κ3) is 5.30. The number of nitrogens with zero attached hydrogens (tertiary/aromatic N) is 1. The maximum absolute atomic E-state index is 12.4.